The molecule has 56 heavy (non-hydrogen) atoms. The number of pyridine rings is 1. The van der Waals surface area contributed by atoms with Crippen molar-refractivity contribution in [2.45, 2.75) is 142 Å². The fourth-order valence-corrected chi connectivity index (χ4v) is 9.30. The smallest absolute Gasteiger partial charge is 0.410 e. The number of methoxy groups -OCH3 is 1. The maximum Gasteiger partial charge on any atom is 0.410 e. The largest absolute Gasteiger partial charge is 0.453 e. The van der Waals surface area contributed by atoms with Crippen LogP contribution in [0.15, 0.2) is 37.3 Å². The molecule has 310 valence electrons. The molecule has 0 bridgehead atoms. The average Bonchev–Trinajstić information content (AvgIpc) is 3.70. The summed E-state index contributed by atoms with van der Waals surface area (Å²) in [7, 11) is 1.49. The molecule has 0 aromatic carbocycles. The fraction of sp³-hybridized carbons (Fsp3) is 0.714. The van der Waals surface area contributed by atoms with Crippen molar-refractivity contribution in [3.63, 3.8) is 0 Å². The van der Waals surface area contributed by atoms with Gasteiger partial charge in [-0.25, -0.2) is 14.8 Å². The number of fused-ring (bicyclic) bond motifs is 2. The number of carbonyl (C=O) groups is 4. The summed E-state index contributed by atoms with van der Waals surface area (Å²) in [5, 5.41) is 11.5. The van der Waals surface area contributed by atoms with E-state index in [0.29, 0.717) is 25.8 Å². The zero-order valence-corrected chi connectivity index (χ0v) is 34.7. The lowest BCUT2D eigenvalue weighted by Gasteiger charge is -2.46. The first kappa shape index (κ1) is 43.4. The number of esters is 1. The van der Waals surface area contributed by atoms with Crippen LogP contribution in [0.2, 0.25) is 0 Å². The second-order valence-electron chi connectivity index (χ2n) is 17.0. The predicted octanol–water partition coefficient (Wildman–Crippen LogP) is 5.53. The van der Waals surface area contributed by atoms with Gasteiger partial charge >= 0.3 is 12.1 Å². The lowest BCUT2D eigenvalue weighted by atomic mass is 9.73. The molecule has 14 heteroatoms. The number of hydrogen-bond acceptors (Lipinski definition) is 12. The minimum absolute atomic E-state index is 0.121. The Morgan fingerprint density at radius 1 is 1.04 bits per heavy atom. The molecule has 5 heterocycles. The van der Waals surface area contributed by atoms with Crippen LogP contribution in [0.4, 0.5) is 4.79 Å². The van der Waals surface area contributed by atoms with Crippen molar-refractivity contribution in [1.82, 2.24) is 19.4 Å². The number of ketones is 2. The van der Waals surface area contributed by atoms with Gasteiger partial charge in [0.15, 0.2) is 29.4 Å². The van der Waals surface area contributed by atoms with Crippen LogP contribution in [-0.2, 0) is 44.6 Å². The SMILES string of the molecule is C=CC1OC(=O)[C@H](C)C(=O)[C@H](C)C(O[C@@H]2O[C@H](C)C[C@H](C(C)C)[C@H]2O)[C@](C)(OC)C[C@@H](C)C(=O)[C@@H](C)[C@@H]2N(CCCCn3cnc4cccnc43)C(=O)O[C@]12C. The second-order valence-corrected chi connectivity index (χ2v) is 17.0. The van der Waals surface area contributed by atoms with E-state index < -0.39 is 83.4 Å². The lowest BCUT2D eigenvalue weighted by Crippen LogP contribution is -2.59. The van der Waals surface area contributed by atoms with Gasteiger partial charge in [-0.1, -0.05) is 41.2 Å². The van der Waals surface area contributed by atoms with Gasteiger partial charge in [0, 0.05) is 44.1 Å². The number of aryl methyl sites for hydroxylation is 1. The number of rotatable bonds is 10. The van der Waals surface area contributed by atoms with Crippen molar-refractivity contribution in [2.24, 2.45) is 35.5 Å². The number of aliphatic hydroxyl groups excluding tert-OH is 1. The monoisotopic (exact) mass is 782 g/mol. The molecule has 3 aliphatic heterocycles. The van der Waals surface area contributed by atoms with Crippen molar-refractivity contribution in [1.29, 1.82) is 0 Å². The van der Waals surface area contributed by atoms with Gasteiger partial charge in [0.05, 0.1) is 30.2 Å². The summed E-state index contributed by atoms with van der Waals surface area (Å²) in [5.74, 6) is -5.16. The highest BCUT2D eigenvalue weighted by atomic mass is 16.7. The van der Waals surface area contributed by atoms with E-state index in [-0.39, 0.29) is 36.7 Å². The third-order valence-corrected chi connectivity index (χ3v) is 12.6. The van der Waals surface area contributed by atoms with Crippen LogP contribution in [0, 0.1) is 35.5 Å². The Bertz CT molecular complexity index is 1750. The number of unbranched alkanes of at least 4 members (excludes halogenated alkanes) is 1. The van der Waals surface area contributed by atoms with E-state index in [1.54, 1.807) is 52.0 Å². The van der Waals surface area contributed by atoms with Gasteiger partial charge < -0.3 is 38.3 Å². The van der Waals surface area contributed by atoms with Crippen molar-refractivity contribution in [2.75, 3.05) is 13.7 Å². The lowest BCUT2D eigenvalue weighted by molar-refractivity contribution is -0.299. The molecular weight excluding hydrogens is 720 g/mol. The number of hydrogen-bond donors (Lipinski definition) is 1. The van der Waals surface area contributed by atoms with Crippen LogP contribution in [0.1, 0.15) is 88.0 Å². The number of aromatic nitrogens is 3. The molecule has 0 spiro atoms. The summed E-state index contributed by atoms with van der Waals surface area (Å²) >= 11 is 0. The zero-order chi connectivity index (χ0) is 41.3. The van der Waals surface area contributed by atoms with E-state index in [0.717, 1.165) is 11.2 Å². The highest BCUT2D eigenvalue weighted by molar-refractivity contribution is 6.00. The summed E-state index contributed by atoms with van der Waals surface area (Å²) in [6.45, 7) is 20.9. The number of aliphatic hydroxyl groups is 1. The standard InChI is InChI=1S/C42H62N4O10/c1-12-31-42(10)35(46(40(51)56-42)19-14-13-18-45-22-44-30-16-15-17-43-37(30)45)26(6)32(47)24(4)21-41(9,52-11)36(27(7)33(48)28(8)38(50)54-31)55-39-34(49)29(23(2)3)20-25(5)53-39/h12,15-17,22-29,31,34-36,39,49H,1,13-14,18-21H2,2-11H3/t24-,25-,26-,27+,28-,29-,31?,34-,35+,36?,39+,41-,42-/m1/s1. The number of amides is 1. The third-order valence-electron chi connectivity index (χ3n) is 12.6. The summed E-state index contributed by atoms with van der Waals surface area (Å²) in [4.78, 5) is 67.0. The van der Waals surface area contributed by atoms with Crippen molar-refractivity contribution < 1.29 is 48.0 Å². The van der Waals surface area contributed by atoms with Crippen molar-refractivity contribution in [3.8, 4) is 0 Å². The van der Waals surface area contributed by atoms with E-state index in [4.69, 9.17) is 23.7 Å². The molecule has 2 aromatic rings. The molecule has 14 nitrogen and oxygen atoms in total. The van der Waals surface area contributed by atoms with Gasteiger partial charge in [-0.05, 0) is 83.4 Å². The Balaban J connectivity index is 1.47. The Morgan fingerprint density at radius 3 is 2.39 bits per heavy atom. The van der Waals surface area contributed by atoms with E-state index in [1.807, 2.05) is 37.5 Å². The molecule has 0 radical (unpaired) electrons. The van der Waals surface area contributed by atoms with Crippen molar-refractivity contribution >= 4 is 34.8 Å². The fourth-order valence-electron chi connectivity index (χ4n) is 9.30. The van der Waals surface area contributed by atoms with E-state index in [9.17, 15) is 24.3 Å². The number of imidazole rings is 1. The zero-order valence-electron chi connectivity index (χ0n) is 34.7. The summed E-state index contributed by atoms with van der Waals surface area (Å²) < 4.78 is 33.0. The summed E-state index contributed by atoms with van der Waals surface area (Å²) in [5.41, 5.74) is -1.22. The number of Topliss-reactive ketones (excluding diaryl/α,β-unsaturated/α-hetero) is 2. The van der Waals surface area contributed by atoms with Gasteiger partial charge in [0.2, 0.25) is 0 Å². The highest BCUT2D eigenvalue weighted by Gasteiger charge is 2.60. The number of carbonyl (C=O) groups excluding carboxylic acids is 4. The van der Waals surface area contributed by atoms with Crippen LogP contribution in [0.3, 0.4) is 0 Å². The topological polar surface area (TPSA) is 169 Å². The first-order chi connectivity index (χ1) is 26.4. The van der Waals surface area contributed by atoms with Gasteiger partial charge in [-0.2, -0.15) is 0 Å². The maximum atomic E-state index is 14.7. The molecular formula is C42H62N4O10. The summed E-state index contributed by atoms with van der Waals surface area (Å²) in [6, 6.07) is 2.87. The molecule has 3 aliphatic rings. The van der Waals surface area contributed by atoms with Crippen LogP contribution >= 0.6 is 0 Å². The molecule has 3 saturated heterocycles. The minimum atomic E-state index is -1.51. The Kier molecular flexibility index (Phi) is 13.5. The van der Waals surface area contributed by atoms with Gasteiger partial charge in [-0.15, -0.1) is 0 Å². The molecule has 0 saturated carbocycles. The van der Waals surface area contributed by atoms with E-state index in [2.05, 4.69) is 16.5 Å². The summed E-state index contributed by atoms with van der Waals surface area (Å²) in [6.07, 6.45) is 1.67. The van der Waals surface area contributed by atoms with Crippen LogP contribution in [0.25, 0.3) is 11.2 Å². The molecule has 2 unspecified atom stereocenters. The first-order valence-corrected chi connectivity index (χ1v) is 20.1. The Labute approximate surface area is 330 Å². The van der Waals surface area contributed by atoms with Crippen LogP contribution < -0.4 is 0 Å². The van der Waals surface area contributed by atoms with Gasteiger partial charge in [0.25, 0.3) is 0 Å². The van der Waals surface area contributed by atoms with Crippen LogP contribution in [0.5, 0.6) is 0 Å². The predicted molar refractivity (Wildman–Crippen MR) is 207 cm³/mol. The molecule has 1 N–H and O–H groups in total. The van der Waals surface area contributed by atoms with Gasteiger partial charge in [-0.3, -0.25) is 14.4 Å². The quantitative estimate of drug-likeness (QED) is 0.139. The molecule has 5 rings (SSSR count). The molecule has 13 atom stereocenters. The molecule has 0 aliphatic carbocycles. The Hall–Kier alpha value is -3.72. The van der Waals surface area contributed by atoms with E-state index in [1.165, 1.54) is 20.1 Å². The highest BCUT2D eigenvalue weighted by Crippen LogP contribution is 2.43. The van der Waals surface area contributed by atoms with Crippen molar-refractivity contribution in [3.05, 3.63) is 37.3 Å². The number of nitrogens with zero attached hydrogens (tertiary/aromatic N) is 4. The molecule has 3 fully saturated rings. The third kappa shape index (κ3) is 8.44. The van der Waals surface area contributed by atoms with E-state index >= 15 is 0 Å². The number of cyclic esters (lactones) is 1. The molecule has 2 aromatic heterocycles. The van der Waals surface area contributed by atoms with Gasteiger partial charge in [0.1, 0.15) is 23.3 Å². The maximum absolute atomic E-state index is 14.7. The van der Waals surface area contributed by atoms with Crippen LogP contribution in [-0.4, -0.2) is 110 Å². The minimum Gasteiger partial charge on any atom is -0.453 e. The molecule has 1 amide bonds. The Morgan fingerprint density at radius 2 is 1.73 bits per heavy atom. The number of ether oxygens (including phenoxy) is 5. The normalized spacial score (nSPS) is 37.6. The first-order valence-electron chi connectivity index (χ1n) is 20.1. The average molecular weight is 783 g/mol. The second kappa shape index (κ2) is 17.4.